The lowest BCUT2D eigenvalue weighted by Gasteiger charge is -2.35. The number of hydrogen-bond acceptors (Lipinski definition) is 2. The molecule has 1 aromatic rings. The molecule has 1 rings (SSSR count). The summed E-state index contributed by atoms with van der Waals surface area (Å²) in [5.41, 5.74) is -0.238. The van der Waals surface area contributed by atoms with Crippen molar-refractivity contribution in [3.05, 3.63) is 33.8 Å². The van der Waals surface area contributed by atoms with Crippen molar-refractivity contribution < 1.29 is 14.7 Å². The van der Waals surface area contributed by atoms with Crippen LogP contribution in [0.2, 0.25) is 10.0 Å². The third-order valence-electron chi connectivity index (χ3n) is 2.76. The zero-order chi connectivity index (χ0) is 15.5. The first kappa shape index (κ1) is 16.8. The maximum absolute atomic E-state index is 12.6. The smallest absolute Gasteiger partial charge is 0.305 e. The van der Waals surface area contributed by atoms with Crippen LogP contribution in [-0.2, 0) is 4.79 Å². The summed E-state index contributed by atoms with van der Waals surface area (Å²) < 4.78 is 0. The van der Waals surface area contributed by atoms with Gasteiger partial charge in [-0.05, 0) is 39.0 Å². The van der Waals surface area contributed by atoms with Crippen LogP contribution in [0, 0.1) is 0 Å². The van der Waals surface area contributed by atoms with Crippen LogP contribution in [0.1, 0.15) is 37.6 Å². The maximum Gasteiger partial charge on any atom is 0.305 e. The molecule has 1 N–H and O–H groups in total. The average molecular weight is 318 g/mol. The number of carboxylic acid groups (broad SMARTS) is 1. The molecule has 1 aromatic carbocycles. The summed E-state index contributed by atoms with van der Waals surface area (Å²) in [6.45, 7) is 5.63. The van der Waals surface area contributed by atoms with Gasteiger partial charge in [-0.25, -0.2) is 0 Å². The van der Waals surface area contributed by atoms with Crippen molar-refractivity contribution in [2.75, 3.05) is 6.54 Å². The lowest BCUT2D eigenvalue weighted by molar-refractivity contribution is -0.137. The van der Waals surface area contributed by atoms with E-state index in [1.54, 1.807) is 12.1 Å². The van der Waals surface area contributed by atoms with E-state index in [9.17, 15) is 9.59 Å². The number of carboxylic acids is 1. The van der Waals surface area contributed by atoms with Crippen LogP contribution in [0.4, 0.5) is 0 Å². The highest BCUT2D eigenvalue weighted by Crippen LogP contribution is 2.25. The molecule has 0 aliphatic rings. The molecule has 20 heavy (non-hydrogen) atoms. The summed E-state index contributed by atoms with van der Waals surface area (Å²) in [5.74, 6) is -1.28. The van der Waals surface area contributed by atoms with Gasteiger partial charge in [0.05, 0.1) is 17.0 Å². The molecule has 0 atom stereocenters. The molecule has 0 heterocycles. The molecule has 0 radical (unpaired) electrons. The van der Waals surface area contributed by atoms with E-state index in [-0.39, 0.29) is 24.4 Å². The molecule has 0 unspecified atom stereocenters. The second-order valence-corrected chi connectivity index (χ2v) is 6.24. The van der Waals surface area contributed by atoms with Gasteiger partial charge in [0.1, 0.15) is 0 Å². The average Bonchev–Trinajstić information content (AvgIpc) is 2.30. The lowest BCUT2D eigenvalue weighted by atomic mass is 10.0. The summed E-state index contributed by atoms with van der Waals surface area (Å²) in [6.07, 6.45) is -0.124. The van der Waals surface area contributed by atoms with Gasteiger partial charge in [-0.15, -0.1) is 0 Å². The predicted molar refractivity (Wildman–Crippen MR) is 79.5 cm³/mol. The first-order valence-corrected chi connectivity index (χ1v) is 6.87. The minimum Gasteiger partial charge on any atom is -0.481 e. The van der Waals surface area contributed by atoms with Crippen LogP contribution in [0.25, 0.3) is 0 Å². The van der Waals surface area contributed by atoms with Gasteiger partial charge in [-0.1, -0.05) is 23.2 Å². The fourth-order valence-corrected chi connectivity index (χ4v) is 2.13. The predicted octanol–water partition coefficient (Wildman–Crippen LogP) is 3.71. The molecule has 0 saturated carbocycles. The first-order chi connectivity index (χ1) is 9.12. The van der Waals surface area contributed by atoms with Crippen LogP contribution in [0.5, 0.6) is 0 Å². The number of halogens is 2. The number of aliphatic carboxylic acids is 1. The molecular formula is C14H17Cl2NO3. The van der Waals surface area contributed by atoms with Crippen molar-refractivity contribution in [2.24, 2.45) is 0 Å². The second kappa shape index (κ2) is 6.46. The highest BCUT2D eigenvalue weighted by Gasteiger charge is 2.28. The fraction of sp³-hybridized carbons (Fsp3) is 0.429. The molecular weight excluding hydrogens is 301 g/mol. The normalized spacial score (nSPS) is 11.2. The van der Waals surface area contributed by atoms with Gasteiger partial charge in [0.25, 0.3) is 5.91 Å². The number of amides is 1. The van der Waals surface area contributed by atoms with E-state index in [2.05, 4.69) is 0 Å². The minimum atomic E-state index is -0.954. The zero-order valence-electron chi connectivity index (χ0n) is 11.6. The Morgan fingerprint density at radius 1 is 1.25 bits per heavy atom. The summed E-state index contributed by atoms with van der Waals surface area (Å²) in [5, 5.41) is 9.50. The van der Waals surface area contributed by atoms with E-state index in [1.165, 1.54) is 11.0 Å². The number of hydrogen-bond donors (Lipinski definition) is 1. The van der Waals surface area contributed by atoms with Gasteiger partial charge >= 0.3 is 5.97 Å². The Balaban J connectivity index is 3.10. The van der Waals surface area contributed by atoms with Gasteiger partial charge in [-0.2, -0.15) is 0 Å². The Kier molecular flexibility index (Phi) is 5.42. The second-order valence-electron chi connectivity index (χ2n) is 5.40. The topological polar surface area (TPSA) is 57.6 Å². The van der Waals surface area contributed by atoms with E-state index >= 15 is 0 Å². The van der Waals surface area contributed by atoms with Gasteiger partial charge < -0.3 is 10.0 Å². The molecule has 0 aliphatic heterocycles. The Bertz CT molecular complexity index is 524. The zero-order valence-corrected chi connectivity index (χ0v) is 13.1. The Morgan fingerprint density at radius 3 is 2.35 bits per heavy atom. The molecule has 0 saturated heterocycles. The summed E-state index contributed by atoms with van der Waals surface area (Å²) >= 11 is 11.9. The maximum atomic E-state index is 12.6. The third-order valence-corrected chi connectivity index (χ3v) is 3.33. The molecule has 1 amide bonds. The minimum absolute atomic E-state index is 0.112. The number of rotatable bonds is 4. The summed E-state index contributed by atoms with van der Waals surface area (Å²) in [6, 6.07) is 4.64. The van der Waals surface area contributed by atoms with Gasteiger partial charge in [0.2, 0.25) is 0 Å². The van der Waals surface area contributed by atoms with Crippen LogP contribution in [0.3, 0.4) is 0 Å². The number of nitrogens with zero attached hydrogens (tertiary/aromatic N) is 1. The number of carbonyl (C=O) groups is 2. The van der Waals surface area contributed by atoms with E-state index in [0.717, 1.165) is 0 Å². The standard InChI is InChI=1S/C14H17Cl2NO3/c1-14(2,3)17(7-6-12(18)19)13(20)10-8-9(15)4-5-11(10)16/h4-5,8H,6-7H2,1-3H3,(H,18,19). The Morgan fingerprint density at radius 2 is 1.85 bits per heavy atom. The highest BCUT2D eigenvalue weighted by molar-refractivity contribution is 6.35. The van der Waals surface area contributed by atoms with Gasteiger partial charge in [0.15, 0.2) is 0 Å². The SMILES string of the molecule is CC(C)(C)N(CCC(=O)O)C(=O)c1cc(Cl)ccc1Cl. The van der Waals surface area contributed by atoms with Crippen LogP contribution >= 0.6 is 23.2 Å². The van der Waals surface area contributed by atoms with Crippen molar-refractivity contribution in [1.29, 1.82) is 0 Å². The van der Waals surface area contributed by atoms with E-state index in [1.807, 2.05) is 20.8 Å². The van der Waals surface area contributed by atoms with Crippen molar-refractivity contribution in [1.82, 2.24) is 4.90 Å². The summed E-state index contributed by atoms with van der Waals surface area (Å²) in [4.78, 5) is 24.8. The molecule has 0 bridgehead atoms. The third kappa shape index (κ3) is 4.39. The molecule has 0 spiro atoms. The van der Waals surface area contributed by atoms with Crippen molar-refractivity contribution >= 4 is 35.1 Å². The molecule has 6 heteroatoms. The first-order valence-electron chi connectivity index (χ1n) is 6.11. The van der Waals surface area contributed by atoms with Crippen LogP contribution in [0.15, 0.2) is 18.2 Å². The number of carbonyl (C=O) groups excluding carboxylic acids is 1. The highest BCUT2D eigenvalue weighted by atomic mass is 35.5. The molecule has 0 fully saturated rings. The van der Waals surface area contributed by atoms with Crippen molar-refractivity contribution in [3.63, 3.8) is 0 Å². The number of benzene rings is 1. The van der Waals surface area contributed by atoms with Crippen molar-refractivity contribution in [2.45, 2.75) is 32.7 Å². The molecule has 4 nitrogen and oxygen atoms in total. The Labute approximate surface area is 128 Å². The van der Waals surface area contributed by atoms with Gasteiger partial charge in [0, 0.05) is 17.1 Å². The fourth-order valence-electron chi connectivity index (χ4n) is 1.76. The van der Waals surface area contributed by atoms with Crippen LogP contribution in [-0.4, -0.2) is 34.0 Å². The van der Waals surface area contributed by atoms with E-state index in [0.29, 0.717) is 10.0 Å². The monoisotopic (exact) mass is 317 g/mol. The van der Waals surface area contributed by atoms with Gasteiger partial charge in [-0.3, -0.25) is 9.59 Å². The molecule has 0 aromatic heterocycles. The quantitative estimate of drug-likeness (QED) is 0.921. The molecule has 110 valence electrons. The van der Waals surface area contributed by atoms with E-state index in [4.69, 9.17) is 28.3 Å². The van der Waals surface area contributed by atoms with E-state index < -0.39 is 11.5 Å². The largest absolute Gasteiger partial charge is 0.481 e. The van der Waals surface area contributed by atoms with Crippen molar-refractivity contribution in [3.8, 4) is 0 Å². The summed E-state index contributed by atoms with van der Waals surface area (Å²) in [7, 11) is 0. The molecule has 0 aliphatic carbocycles. The van der Waals surface area contributed by atoms with Crippen LogP contribution < -0.4 is 0 Å². The Hall–Kier alpha value is -1.26. The lowest BCUT2D eigenvalue weighted by Crippen LogP contribution is -2.46.